The molecule has 0 radical (unpaired) electrons. The molecule has 1 aliphatic heterocycles. The van der Waals surface area contributed by atoms with Gasteiger partial charge in [-0.25, -0.2) is 0 Å². The van der Waals surface area contributed by atoms with Crippen molar-refractivity contribution in [1.29, 1.82) is 0 Å². The number of aromatic nitrogens is 1. The van der Waals surface area contributed by atoms with E-state index >= 15 is 0 Å². The molecule has 1 aliphatic rings. The van der Waals surface area contributed by atoms with Gasteiger partial charge in [0.2, 0.25) is 5.43 Å². The van der Waals surface area contributed by atoms with E-state index in [1.165, 1.54) is 0 Å². The Labute approximate surface area is 153 Å². The van der Waals surface area contributed by atoms with Crippen molar-refractivity contribution in [2.75, 3.05) is 7.05 Å². The van der Waals surface area contributed by atoms with Crippen molar-refractivity contribution < 1.29 is 4.79 Å². The minimum Gasteiger partial charge on any atom is -0.346 e. The first kappa shape index (κ1) is 16.1. The van der Waals surface area contributed by atoms with E-state index in [1.807, 2.05) is 47.0 Å². The molecule has 1 aromatic heterocycles. The SMILES string of the molecule is CN(Cc1ccccc1)C(=O)c1cn2c3c(cc(Br)cc3c1=O)CC2. The van der Waals surface area contributed by atoms with Crippen molar-refractivity contribution in [2.45, 2.75) is 19.5 Å². The number of benzene rings is 2. The van der Waals surface area contributed by atoms with Gasteiger partial charge < -0.3 is 9.47 Å². The molecular weight excluding hydrogens is 380 g/mol. The Hall–Kier alpha value is -2.40. The highest BCUT2D eigenvalue weighted by Gasteiger charge is 2.23. The van der Waals surface area contributed by atoms with Crippen LogP contribution in [0.4, 0.5) is 0 Å². The van der Waals surface area contributed by atoms with Crippen LogP contribution in [0.5, 0.6) is 0 Å². The lowest BCUT2D eigenvalue weighted by Gasteiger charge is -2.18. The van der Waals surface area contributed by atoms with Crippen LogP contribution in [0, 0.1) is 0 Å². The molecular formula is C20H17BrN2O2. The molecule has 2 aromatic carbocycles. The molecule has 1 amide bonds. The van der Waals surface area contributed by atoms with E-state index in [0.29, 0.717) is 11.9 Å². The summed E-state index contributed by atoms with van der Waals surface area (Å²) in [5, 5.41) is 0.612. The van der Waals surface area contributed by atoms with Crippen LogP contribution in [0.25, 0.3) is 10.9 Å². The van der Waals surface area contributed by atoms with Crippen LogP contribution in [-0.4, -0.2) is 22.4 Å². The van der Waals surface area contributed by atoms with Gasteiger partial charge in [-0.2, -0.15) is 0 Å². The summed E-state index contributed by atoms with van der Waals surface area (Å²) < 4.78 is 2.91. The second-order valence-corrected chi connectivity index (χ2v) is 7.34. The highest BCUT2D eigenvalue weighted by atomic mass is 79.9. The van der Waals surface area contributed by atoms with Crippen molar-refractivity contribution in [3.63, 3.8) is 0 Å². The number of aryl methyl sites for hydroxylation is 2. The predicted molar refractivity (Wildman–Crippen MR) is 102 cm³/mol. The van der Waals surface area contributed by atoms with Crippen LogP contribution in [0.1, 0.15) is 21.5 Å². The Morgan fingerprint density at radius 3 is 2.76 bits per heavy atom. The molecule has 4 rings (SSSR count). The second-order valence-electron chi connectivity index (χ2n) is 6.42. The molecule has 0 N–H and O–H groups in total. The van der Waals surface area contributed by atoms with Crippen molar-refractivity contribution in [2.24, 2.45) is 0 Å². The number of nitrogens with zero attached hydrogens (tertiary/aromatic N) is 2. The van der Waals surface area contributed by atoms with Gasteiger partial charge in [-0.1, -0.05) is 46.3 Å². The van der Waals surface area contributed by atoms with E-state index in [-0.39, 0.29) is 16.9 Å². The number of amides is 1. The summed E-state index contributed by atoms with van der Waals surface area (Å²) in [6.45, 7) is 1.27. The van der Waals surface area contributed by atoms with Gasteiger partial charge >= 0.3 is 0 Å². The van der Waals surface area contributed by atoms with E-state index in [1.54, 1.807) is 18.1 Å². The van der Waals surface area contributed by atoms with Crippen LogP contribution in [0.3, 0.4) is 0 Å². The lowest BCUT2D eigenvalue weighted by atomic mass is 10.1. The summed E-state index contributed by atoms with van der Waals surface area (Å²) >= 11 is 3.47. The molecule has 25 heavy (non-hydrogen) atoms. The van der Waals surface area contributed by atoms with E-state index < -0.39 is 0 Å². The summed E-state index contributed by atoms with van der Waals surface area (Å²) in [6, 6.07) is 13.6. The fraction of sp³-hybridized carbons (Fsp3) is 0.200. The lowest BCUT2D eigenvalue weighted by Crippen LogP contribution is -2.31. The molecule has 0 spiro atoms. The van der Waals surface area contributed by atoms with Gasteiger partial charge in [0.1, 0.15) is 5.56 Å². The molecule has 0 atom stereocenters. The smallest absolute Gasteiger partial charge is 0.259 e. The zero-order valence-corrected chi connectivity index (χ0v) is 15.4. The Kier molecular flexibility index (Phi) is 3.96. The third-order valence-corrected chi connectivity index (χ3v) is 5.13. The summed E-state index contributed by atoms with van der Waals surface area (Å²) in [7, 11) is 1.73. The first-order valence-electron chi connectivity index (χ1n) is 8.19. The Bertz CT molecular complexity index is 1040. The van der Waals surface area contributed by atoms with Gasteiger partial charge in [-0.05, 0) is 29.7 Å². The lowest BCUT2D eigenvalue weighted by molar-refractivity contribution is 0.0783. The molecule has 4 nitrogen and oxygen atoms in total. The van der Waals surface area contributed by atoms with Crippen molar-refractivity contribution in [3.05, 3.63) is 80.0 Å². The van der Waals surface area contributed by atoms with Gasteiger partial charge in [-0.15, -0.1) is 0 Å². The standard InChI is InChI=1S/C20H17BrN2O2/c1-22(11-13-5-3-2-4-6-13)20(25)17-12-23-8-7-14-9-15(21)10-16(18(14)23)19(17)24/h2-6,9-10,12H,7-8,11H2,1H3. The second kappa shape index (κ2) is 6.15. The minimum absolute atomic E-state index is 0.194. The van der Waals surface area contributed by atoms with Gasteiger partial charge in [0.25, 0.3) is 5.91 Å². The van der Waals surface area contributed by atoms with E-state index in [2.05, 4.69) is 15.9 Å². The number of carbonyl (C=O) groups excluding carboxylic acids is 1. The average Bonchev–Trinajstić information content (AvgIpc) is 3.01. The molecule has 2 heterocycles. The van der Waals surface area contributed by atoms with Crippen LogP contribution in [0.15, 0.2) is 57.9 Å². The summed E-state index contributed by atoms with van der Waals surface area (Å²) in [5.74, 6) is -0.243. The molecule has 0 bridgehead atoms. The van der Waals surface area contributed by atoms with Crippen LogP contribution < -0.4 is 5.43 Å². The average molecular weight is 397 g/mol. The normalized spacial score (nSPS) is 12.6. The maximum Gasteiger partial charge on any atom is 0.259 e. The fourth-order valence-electron chi connectivity index (χ4n) is 3.49. The molecule has 5 heteroatoms. The van der Waals surface area contributed by atoms with Gasteiger partial charge in [-0.3, -0.25) is 9.59 Å². The molecule has 0 aliphatic carbocycles. The van der Waals surface area contributed by atoms with E-state index in [9.17, 15) is 9.59 Å². The maximum absolute atomic E-state index is 12.9. The first-order chi connectivity index (χ1) is 12.0. The Morgan fingerprint density at radius 1 is 1.24 bits per heavy atom. The van der Waals surface area contributed by atoms with E-state index in [0.717, 1.165) is 34.1 Å². The Morgan fingerprint density at radius 2 is 2.00 bits per heavy atom. The van der Waals surface area contributed by atoms with Crippen LogP contribution in [0.2, 0.25) is 0 Å². The number of hydrogen-bond donors (Lipinski definition) is 0. The number of carbonyl (C=O) groups is 1. The summed E-state index contributed by atoms with van der Waals surface area (Å²) in [5.41, 5.74) is 3.18. The molecule has 126 valence electrons. The maximum atomic E-state index is 12.9. The van der Waals surface area contributed by atoms with Gasteiger partial charge in [0.15, 0.2) is 0 Å². The summed E-state index contributed by atoms with van der Waals surface area (Å²) in [6.07, 6.45) is 2.60. The Balaban J connectivity index is 1.76. The van der Waals surface area contributed by atoms with Gasteiger partial charge in [0.05, 0.1) is 5.52 Å². The van der Waals surface area contributed by atoms with Crippen molar-refractivity contribution >= 4 is 32.7 Å². The number of rotatable bonds is 3. The molecule has 0 unspecified atom stereocenters. The molecule has 0 saturated heterocycles. The zero-order chi connectivity index (χ0) is 17.6. The predicted octanol–water partition coefficient (Wildman–Crippen LogP) is 3.59. The van der Waals surface area contributed by atoms with Crippen LogP contribution in [-0.2, 0) is 19.5 Å². The first-order valence-corrected chi connectivity index (χ1v) is 8.99. The van der Waals surface area contributed by atoms with Crippen LogP contribution >= 0.6 is 15.9 Å². The highest BCUT2D eigenvalue weighted by Crippen LogP contribution is 2.28. The van der Waals surface area contributed by atoms with E-state index in [4.69, 9.17) is 0 Å². The number of halogens is 1. The third-order valence-electron chi connectivity index (χ3n) is 4.68. The zero-order valence-electron chi connectivity index (χ0n) is 13.8. The van der Waals surface area contributed by atoms with Crippen molar-refractivity contribution in [1.82, 2.24) is 9.47 Å². The third kappa shape index (κ3) is 2.78. The molecule has 0 fully saturated rings. The molecule has 3 aromatic rings. The number of pyridine rings is 1. The molecule has 0 saturated carbocycles. The quantitative estimate of drug-likeness (QED) is 0.678. The fourth-order valence-corrected chi connectivity index (χ4v) is 3.99. The minimum atomic E-state index is -0.243. The van der Waals surface area contributed by atoms with Crippen molar-refractivity contribution in [3.8, 4) is 0 Å². The monoisotopic (exact) mass is 396 g/mol. The highest BCUT2D eigenvalue weighted by molar-refractivity contribution is 9.10. The largest absolute Gasteiger partial charge is 0.346 e. The summed E-state index contributed by atoms with van der Waals surface area (Å²) in [4.78, 5) is 27.4. The van der Waals surface area contributed by atoms with Gasteiger partial charge in [0, 0.05) is 36.2 Å². The topological polar surface area (TPSA) is 42.3 Å². The number of hydrogen-bond acceptors (Lipinski definition) is 2.